The molecule has 7 nitrogen and oxygen atoms in total. The Kier molecular flexibility index (Phi) is 7.52. The Hall–Kier alpha value is -3.06. The molecule has 0 bridgehead atoms. The number of nitrogens with one attached hydrogen (secondary N) is 2. The zero-order valence-corrected chi connectivity index (χ0v) is 18.7. The second-order valence-electron chi connectivity index (χ2n) is 7.79. The van der Waals surface area contributed by atoms with Crippen molar-refractivity contribution >= 4 is 11.8 Å². The Morgan fingerprint density at radius 1 is 1.16 bits per heavy atom. The molecule has 2 N–H and O–H groups in total. The molecule has 1 aliphatic heterocycles. The van der Waals surface area contributed by atoms with E-state index in [0.29, 0.717) is 26.2 Å². The Bertz CT molecular complexity index is 944. The van der Waals surface area contributed by atoms with Gasteiger partial charge in [-0.15, -0.1) is 0 Å². The molecule has 7 heteroatoms. The van der Waals surface area contributed by atoms with Crippen LogP contribution >= 0.6 is 0 Å². The van der Waals surface area contributed by atoms with E-state index in [1.54, 1.807) is 14.2 Å². The first kappa shape index (κ1) is 22.6. The first-order chi connectivity index (χ1) is 14.9. The summed E-state index contributed by atoms with van der Waals surface area (Å²) in [5, 5.41) is 5.81. The summed E-state index contributed by atoms with van der Waals surface area (Å²) in [4.78, 5) is 27.3. The van der Waals surface area contributed by atoms with Crippen LogP contribution in [-0.4, -0.2) is 50.1 Å². The summed E-state index contributed by atoms with van der Waals surface area (Å²) in [5.41, 5.74) is 4.32. The van der Waals surface area contributed by atoms with Crippen LogP contribution in [0.4, 0.5) is 0 Å². The lowest BCUT2D eigenvalue weighted by Gasteiger charge is -2.35. The van der Waals surface area contributed by atoms with Crippen molar-refractivity contribution in [2.24, 2.45) is 0 Å². The highest BCUT2D eigenvalue weighted by molar-refractivity contribution is 5.88. The summed E-state index contributed by atoms with van der Waals surface area (Å²) >= 11 is 0. The van der Waals surface area contributed by atoms with Gasteiger partial charge in [-0.2, -0.15) is 0 Å². The van der Waals surface area contributed by atoms with E-state index in [9.17, 15) is 9.59 Å². The van der Waals surface area contributed by atoms with Gasteiger partial charge < -0.3 is 20.1 Å². The molecule has 3 rings (SSSR count). The van der Waals surface area contributed by atoms with E-state index >= 15 is 0 Å². The zero-order valence-electron chi connectivity index (χ0n) is 18.7. The SMILES string of the molecule is COc1cccc(CNC(=O)CC2C(=O)NCCN2Cc2ccc(OC)c(C)c2C)c1. The zero-order chi connectivity index (χ0) is 22.4. The van der Waals surface area contributed by atoms with Gasteiger partial charge in [0.05, 0.1) is 26.7 Å². The molecule has 1 saturated heterocycles. The fourth-order valence-electron chi connectivity index (χ4n) is 3.87. The summed E-state index contributed by atoms with van der Waals surface area (Å²) in [6.45, 7) is 6.37. The van der Waals surface area contributed by atoms with Gasteiger partial charge in [0.15, 0.2) is 0 Å². The number of nitrogens with zero attached hydrogens (tertiary/aromatic N) is 1. The van der Waals surface area contributed by atoms with Gasteiger partial charge in [0.1, 0.15) is 11.5 Å². The van der Waals surface area contributed by atoms with Crippen molar-refractivity contribution in [3.63, 3.8) is 0 Å². The number of methoxy groups -OCH3 is 2. The minimum atomic E-state index is -0.499. The first-order valence-corrected chi connectivity index (χ1v) is 10.5. The molecular weight excluding hydrogens is 394 g/mol. The third-order valence-corrected chi connectivity index (χ3v) is 5.89. The Morgan fingerprint density at radius 2 is 1.97 bits per heavy atom. The first-order valence-electron chi connectivity index (χ1n) is 10.5. The normalized spacial score (nSPS) is 16.5. The molecule has 2 aromatic rings. The molecule has 166 valence electrons. The summed E-state index contributed by atoms with van der Waals surface area (Å²) in [6.07, 6.45) is 0.115. The van der Waals surface area contributed by atoms with E-state index in [1.165, 1.54) is 0 Å². The molecule has 1 aliphatic rings. The molecule has 1 heterocycles. The number of ether oxygens (including phenoxy) is 2. The largest absolute Gasteiger partial charge is 0.497 e. The fraction of sp³-hybridized carbons (Fsp3) is 0.417. The lowest BCUT2D eigenvalue weighted by Crippen LogP contribution is -2.56. The van der Waals surface area contributed by atoms with Gasteiger partial charge in [-0.25, -0.2) is 0 Å². The molecule has 31 heavy (non-hydrogen) atoms. The average Bonchev–Trinajstić information content (AvgIpc) is 2.78. The van der Waals surface area contributed by atoms with Gasteiger partial charge in [-0.05, 0) is 54.3 Å². The number of rotatable bonds is 8. The van der Waals surface area contributed by atoms with Gasteiger partial charge in [0.25, 0.3) is 0 Å². The quantitative estimate of drug-likeness (QED) is 0.679. The van der Waals surface area contributed by atoms with Gasteiger partial charge in [-0.1, -0.05) is 18.2 Å². The fourth-order valence-corrected chi connectivity index (χ4v) is 3.87. The third-order valence-electron chi connectivity index (χ3n) is 5.89. The van der Waals surface area contributed by atoms with Crippen molar-refractivity contribution in [2.75, 3.05) is 27.3 Å². The molecule has 0 saturated carbocycles. The Labute approximate surface area is 183 Å². The van der Waals surface area contributed by atoms with Crippen LogP contribution in [0, 0.1) is 13.8 Å². The molecule has 0 spiro atoms. The molecule has 0 aliphatic carbocycles. The number of benzene rings is 2. The molecular formula is C24H31N3O4. The van der Waals surface area contributed by atoms with E-state index < -0.39 is 6.04 Å². The van der Waals surface area contributed by atoms with Crippen molar-refractivity contribution in [3.05, 3.63) is 58.7 Å². The minimum Gasteiger partial charge on any atom is -0.497 e. The minimum absolute atomic E-state index is 0.106. The summed E-state index contributed by atoms with van der Waals surface area (Å²) in [5.74, 6) is 1.34. The smallest absolute Gasteiger partial charge is 0.237 e. The standard InChI is InChI=1S/C24H31N3O4/c1-16-17(2)22(31-4)9-8-19(16)15-27-11-10-25-24(29)21(27)13-23(28)26-14-18-6-5-7-20(12-18)30-3/h5-9,12,21H,10-11,13-15H2,1-4H3,(H,25,29)(H,26,28). The highest BCUT2D eigenvalue weighted by Gasteiger charge is 2.31. The van der Waals surface area contributed by atoms with E-state index in [-0.39, 0.29) is 18.2 Å². The lowest BCUT2D eigenvalue weighted by molar-refractivity contribution is -0.134. The van der Waals surface area contributed by atoms with Crippen LogP contribution in [0.1, 0.15) is 28.7 Å². The molecule has 1 fully saturated rings. The van der Waals surface area contributed by atoms with Crippen molar-refractivity contribution < 1.29 is 19.1 Å². The van der Waals surface area contributed by atoms with E-state index in [4.69, 9.17) is 9.47 Å². The molecule has 2 aromatic carbocycles. The average molecular weight is 426 g/mol. The van der Waals surface area contributed by atoms with Crippen molar-refractivity contribution in [3.8, 4) is 11.5 Å². The van der Waals surface area contributed by atoms with Gasteiger partial charge in [0, 0.05) is 26.2 Å². The Balaban J connectivity index is 1.66. The Morgan fingerprint density at radius 3 is 2.71 bits per heavy atom. The monoisotopic (exact) mass is 425 g/mol. The number of carbonyl (C=O) groups is 2. The highest BCUT2D eigenvalue weighted by atomic mass is 16.5. The van der Waals surface area contributed by atoms with Gasteiger partial charge >= 0.3 is 0 Å². The van der Waals surface area contributed by atoms with E-state index in [0.717, 1.165) is 33.8 Å². The highest BCUT2D eigenvalue weighted by Crippen LogP contribution is 2.26. The van der Waals surface area contributed by atoms with E-state index in [1.807, 2.05) is 43.3 Å². The van der Waals surface area contributed by atoms with Crippen LogP contribution in [0.5, 0.6) is 11.5 Å². The third kappa shape index (κ3) is 5.55. The van der Waals surface area contributed by atoms with Crippen LogP contribution in [-0.2, 0) is 22.7 Å². The van der Waals surface area contributed by atoms with Crippen LogP contribution in [0.15, 0.2) is 36.4 Å². The lowest BCUT2D eigenvalue weighted by atomic mass is 10.00. The second-order valence-corrected chi connectivity index (χ2v) is 7.79. The van der Waals surface area contributed by atoms with Crippen molar-refractivity contribution in [2.45, 2.75) is 39.4 Å². The van der Waals surface area contributed by atoms with E-state index in [2.05, 4.69) is 22.5 Å². The summed E-state index contributed by atoms with van der Waals surface area (Å²) in [6, 6.07) is 11.0. The van der Waals surface area contributed by atoms with Gasteiger partial charge in [0.2, 0.25) is 11.8 Å². The number of piperazine rings is 1. The van der Waals surface area contributed by atoms with Crippen molar-refractivity contribution in [1.82, 2.24) is 15.5 Å². The number of carbonyl (C=O) groups excluding carboxylic acids is 2. The second kappa shape index (κ2) is 10.3. The predicted molar refractivity (Wildman–Crippen MR) is 119 cm³/mol. The van der Waals surface area contributed by atoms with Crippen LogP contribution < -0.4 is 20.1 Å². The summed E-state index contributed by atoms with van der Waals surface area (Å²) < 4.78 is 10.6. The van der Waals surface area contributed by atoms with Gasteiger partial charge in [-0.3, -0.25) is 14.5 Å². The maximum atomic E-state index is 12.6. The maximum absolute atomic E-state index is 12.6. The predicted octanol–water partition coefficient (Wildman–Crippen LogP) is 2.33. The number of amides is 2. The number of hydrogen-bond donors (Lipinski definition) is 2. The topological polar surface area (TPSA) is 79.9 Å². The van der Waals surface area contributed by atoms with Crippen LogP contribution in [0.25, 0.3) is 0 Å². The number of hydrogen-bond acceptors (Lipinski definition) is 5. The molecule has 0 aromatic heterocycles. The maximum Gasteiger partial charge on any atom is 0.237 e. The summed E-state index contributed by atoms with van der Waals surface area (Å²) in [7, 11) is 3.27. The van der Waals surface area contributed by atoms with Crippen LogP contribution in [0.3, 0.4) is 0 Å². The molecule has 1 unspecified atom stereocenters. The molecule has 2 amide bonds. The van der Waals surface area contributed by atoms with Crippen LogP contribution in [0.2, 0.25) is 0 Å². The molecule has 1 atom stereocenters. The molecule has 0 radical (unpaired) electrons. The van der Waals surface area contributed by atoms with Crippen molar-refractivity contribution in [1.29, 1.82) is 0 Å².